The molecule has 0 unspecified atom stereocenters. The second-order valence-electron chi connectivity index (χ2n) is 3.67. The molecular formula is C14H14FNS. The first-order chi connectivity index (χ1) is 8.29. The van der Waals surface area contributed by atoms with Crippen LogP contribution in [0.5, 0.6) is 0 Å². The summed E-state index contributed by atoms with van der Waals surface area (Å²) in [7, 11) is 1.92. The van der Waals surface area contributed by atoms with Gasteiger partial charge in [-0.25, -0.2) is 4.39 Å². The fraction of sp³-hybridized carbons (Fsp3) is 0.143. The number of hydrogen-bond donors (Lipinski definition) is 1. The van der Waals surface area contributed by atoms with Gasteiger partial charge in [-0.1, -0.05) is 18.2 Å². The molecular weight excluding hydrogens is 233 g/mol. The zero-order valence-corrected chi connectivity index (χ0v) is 10.4. The van der Waals surface area contributed by atoms with Crippen molar-refractivity contribution in [2.24, 2.45) is 0 Å². The second-order valence-corrected chi connectivity index (χ2v) is 4.78. The lowest BCUT2D eigenvalue weighted by atomic mass is 10.2. The highest BCUT2D eigenvalue weighted by Crippen LogP contribution is 2.28. The third-order valence-electron chi connectivity index (χ3n) is 2.36. The van der Waals surface area contributed by atoms with E-state index in [0.717, 1.165) is 17.0 Å². The number of benzene rings is 1. The van der Waals surface area contributed by atoms with Crippen molar-refractivity contribution < 1.29 is 4.39 Å². The van der Waals surface area contributed by atoms with Crippen LogP contribution in [0.2, 0.25) is 0 Å². The Balaban J connectivity index is 2.15. The van der Waals surface area contributed by atoms with Crippen molar-refractivity contribution in [2.45, 2.75) is 0 Å². The third kappa shape index (κ3) is 3.25. The molecule has 0 bridgehead atoms. The molecule has 0 aliphatic carbocycles. The molecule has 0 spiro atoms. The Morgan fingerprint density at radius 2 is 1.94 bits per heavy atom. The summed E-state index contributed by atoms with van der Waals surface area (Å²) in [4.78, 5) is 2.37. The summed E-state index contributed by atoms with van der Waals surface area (Å²) in [5, 5.41) is 3.06. The molecule has 1 nitrogen and oxygen atoms in total. The number of nitrogens with one attached hydrogen (secondary N) is 1. The molecule has 0 aliphatic rings. The first-order valence-corrected chi connectivity index (χ1v) is 6.28. The Labute approximate surface area is 105 Å². The third-order valence-corrected chi connectivity index (χ3v) is 3.46. The van der Waals surface area contributed by atoms with Gasteiger partial charge in [-0.2, -0.15) is 0 Å². The first kappa shape index (κ1) is 12.0. The van der Waals surface area contributed by atoms with Crippen LogP contribution in [-0.2, 0) is 0 Å². The minimum absolute atomic E-state index is 0.195. The maximum absolute atomic E-state index is 12.8. The highest BCUT2D eigenvalue weighted by Gasteiger charge is 2.01. The number of thiophene rings is 1. The predicted octanol–water partition coefficient (Wildman–Crippen LogP) is 3.79. The average Bonchev–Trinajstić information content (AvgIpc) is 2.79. The average molecular weight is 247 g/mol. The first-order valence-electron chi connectivity index (χ1n) is 5.46. The summed E-state index contributed by atoms with van der Waals surface area (Å²) in [6.45, 7) is 0.865. The van der Waals surface area contributed by atoms with Crippen molar-refractivity contribution in [1.29, 1.82) is 0 Å². The molecule has 17 heavy (non-hydrogen) atoms. The molecule has 0 atom stereocenters. The number of halogens is 1. The van der Waals surface area contributed by atoms with E-state index in [1.807, 2.05) is 19.2 Å². The molecule has 0 saturated carbocycles. The fourth-order valence-electron chi connectivity index (χ4n) is 1.50. The Hall–Kier alpha value is -1.45. The van der Waals surface area contributed by atoms with Crippen LogP contribution in [0.1, 0.15) is 4.88 Å². The van der Waals surface area contributed by atoms with Gasteiger partial charge in [0.2, 0.25) is 0 Å². The molecule has 1 N–H and O–H groups in total. The Morgan fingerprint density at radius 3 is 2.65 bits per heavy atom. The lowest BCUT2D eigenvalue weighted by Gasteiger charge is -1.95. The number of hydrogen-bond acceptors (Lipinski definition) is 2. The van der Waals surface area contributed by atoms with Crippen molar-refractivity contribution in [3.8, 4) is 10.4 Å². The molecule has 3 heteroatoms. The van der Waals surface area contributed by atoms with Gasteiger partial charge in [0.1, 0.15) is 5.82 Å². The van der Waals surface area contributed by atoms with Gasteiger partial charge in [-0.3, -0.25) is 0 Å². The maximum Gasteiger partial charge on any atom is 0.123 e. The minimum Gasteiger partial charge on any atom is -0.316 e. The van der Waals surface area contributed by atoms with Crippen LogP contribution in [0.25, 0.3) is 16.5 Å². The smallest absolute Gasteiger partial charge is 0.123 e. The van der Waals surface area contributed by atoms with E-state index in [0.29, 0.717) is 0 Å². The molecule has 0 fully saturated rings. The summed E-state index contributed by atoms with van der Waals surface area (Å²) in [5.41, 5.74) is 1.06. The molecule has 1 aromatic heterocycles. The van der Waals surface area contributed by atoms with Crippen LogP contribution in [0.3, 0.4) is 0 Å². The van der Waals surface area contributed by atoms with Crippen LogP contribution in [0, 0.1) is 5.82 Å². The minimum atomic E-state index is -0.195. The summed E-state index contributed by atoms with van der Waals surface area (Å²) in [5.74, 6) is -0.195. The molecule has 2 rings (SSSR count). The molecule has 1 heterocycles. The van der Waals surface area contributed by atoms with Gasteiger partial charge in [0.15, 0.2) is 0 Å². The highest BCUT2D eigenvalue weighted by molar-refractivity contribution is 7.16. The van der Waals surface area contributed by atoms with E-state index in [1.165, 1.54) is 17.0 Å². The zero-order chi connectivity index (χ0) is 12.1. The Kier molecular flexibility index (Phi) is 4.07. The molecule has 88 valence electrons. The Morgan fingerprint density at radius 1 is 1.18 bits per heavy atom. The lowest BCUT2D eigenvalue weighted by molar-refractivity contribution is 0.628. The lowest BCUT2D eigenvalue weighted by Crippen LogP contribution is -2.03. The highest BCUT2D eigenvalue weighted by atomic mass is 32.1. The molecule has 0 radical (unpaired) electrons. The van der Waals surface area contributed by atoms with Crippen LogP contribution < -0.4 is 5.32 Å². The number of likely N-dealkylation sites (N-methyl/N-ethyl adjacent to an activating group) is 1. The summed E-state index contributed by atoms with van der Waals surface area (Å²) >= 11 is 1.71. The summed E-state index contributed by atoms with van der Waals surface area (Å²) < 4.78 is 12.8. The SMILES string of the molecule is CNCC=Cc1ccc(-c2ccc(F)cc2)s1. The largest absolute Gasteiger partial charge is 0.316 e. The van der Waals surface area contributed by atoms with Crippen molar-refractivity contribution >= 4 is 17.4 Å². The van der Waals surface area contributed by atoms with Crippen molar-refractivity contribution in [3.05, 3.63) is 53.2 Å². The van der Waals surface area contributed by atoms with E-state index < -0.39 is 0 Å². The van der Waals surface area contributed by atoms with E-state index in [-0.39, 0.29) is 5.82 Å². The predicted molar refractivity (Wildman–Crippen MR) is 72.7 cm³/mol. The van der Waals surface area contributed by atoms with Gasteiger partial charge in [0, 0.05) is 16.3 Å². The van der Waals surface area contributed by atoms with Crippen molar-refractivity contribution in [3.63, 3.8) is 0 Å². The monoisotopic (exact) mass is 247 g/mol. The van der Waals surface area contributed by atoms with E-state index in [2.05, 4.69) is 29.6 Å². The van der Waals surface area contributed by atoms with Crippen LogP contribution in [0.4, 0.5) is 4.39 Å². The van der Waals surface area contributed by atoms with Gasteiger partial charge in [0.25, 0.3) is 0 Å². The zero-order valence-electron chi connectivity index (χ0n) is 9.61. The standard InChI is InChI=1S/C14H14FNS/c1-16-10-2-3-13-8-9-14(17-13)11-4-6-12(15)7-5-11/h2-9,16H,10H2,1H3. The summed E-state index contributed by atoms with van der Waals surface area (Å²) in [6.07, 6.45) is 4.18. The molecule has 0 amide bonds. The summed E-state index contributed by atoms with van der Waals surface area (Å²) in [6, 6.07) is 10.7. The molecule has 2 aromatic rings. The van der Waals surface area contributed by atoms with Crippen molar-refractivity contribution in [1.82, 2.24) is 5.32 Å². The number of rotatable bonds is 4. The topological polar surface area (TPSA) is 12.0 Å². The van der Waals surface area contributed by atoms with E-state index in [9.17, 15) is 4.39 Å². The van der Waals surface area contributed by atoms with Crippen LogP contribution >= 0.6 is 11.3 Å². The normalized spacial score (nSPS) is 11.2. The van der Waals surface area contributed by atoms with Gasteiger partial charge >= 0.3 is 0 Å². The van der Waals surface area contributed by atoms with E-state index in [4.69, 9.17) is 0 Å². The molecule has 0 aliphatic heterocycles. The van der Waals surface area contributed by atoms with Gasteiger partial charge < -0.3 is 5.32 Å². The molecule has 0 saturated heterocycles. The van der Waals surface area contributed by atoms with Crippen LogP contribution in [0.15, 0.2) is 42.5 Å². The Bertz CT molecular complexity index is 499. The van der Waals surface area contributed by atoms with E-state index >= 15 is 0 Å². The second kappa shape index (κ2) is 5.75. The quantitative estimate of drug-likeness (QED) is 0.866. The maximum atomic E-state index is 12.8. The van der Waals surface area contributed by atoms with Crippen LogP contribution in [-0.4, -0.2) is 13.6 Å². The van der Waals surface area contributed by atoms with Gasteiger partial charge in [0.05, 0.1) is 0 Å². The van der Waals surface area contributed by atoms with E-state index in [1.54, 1.807) is 11.3 Å². The van der Waals surface area contributed by atoms with Gasteiger partial charge in [-0.05, 0) is 43.0 Å². The van der Waals surface area contributed by atoms with Gasteiger partial charge in [-0.15, -0.1) is 11.3 Å². The van der Waals surface area contributed by atoms with Crippen molar-refractivity contribution in [2.75, 3.05) is 13.6 Å². The fourth-order valence-corrected chi connectivity index (χ4v) is 2.45. The molecule has 1 aromatic carbocycles.